The number of rotatable bonds is 7. The standard InChI is InChI=1S/C25H32ClN3O2/c26-24-9-2-1-7-22(24)18-29-10-4-8-23(19-29)25(30)27-16-20-5-3-6-21(15-20)17-28-11-13-31-14-12-28/h1-3,5-7,9,15,23H,4,8,10-14,16-19H2,(H,27,30)/t23-/m1/s1. The molecule has 2 heterocycles. The second kappa shape index (κ2) is 11.1. The molecule has 2 aliphatic heterocycles. The number of nitrogens with zero attached hydrogens (tertiary/aromatic N) is 2. The average molecular weight is 442 g/mol. The molecule has 1 N–H and O–H groups in total. The second-order valence-corrected chi connectivity index (χ2v) is 9.00. The number of halogens is 1. The van der Waals surface area contributed by atoms with Crippen LogP contribution in [0.5, 0.6) is 0 Å². The van der Waals surface area contributed by atoms with Gasteiger partial charge in [0.25, 0.3) is 0 Å². The molecule has 0 radical (unpaired) electrons. The molecule has 1 amide bonds. The number of likely N-dealkylation sites (tertiary alicyclic amines) is 1. The van der Waals surface area contributed by atoms with Gasteiger partial charge in [-0.15, -0.1) is 0 Å². The van der Waals surface area contributed by atoms with Gasteiger partial charge in [0.1, 0.15) is 0 Å². The highest BCUT2D eigenvalue weighted by molar-refractivity contribution is 6.31. The highest BCUT2D eigenvalue weighted by atomic mass is 35.5. The number of carbonyl (C=O) groups is 1. The Morgan fingerprint density at radius 3 is 2.65 bits per heavy atom. The van der Waals surface area contributed by atoms with E-state index in [1.54, 1.807) is 0 Å². The van der Waals surface area contributed by atoms with Crippen LogP contribution in [-0.2, 0) is 29.2 Å². The zero-order valence-electron chi connectivity index (χ0n) is 18.1. The summed E-state index contributed by atoms with van der Waals surface area (Å²) in [6.07, 6.45) is 1.99. The molecule has 31 heavy (non-hydrogen) atoms. The Bertz CT molecular complexity index is 869. The fraction of sp³-hybridized carbons (Fsp3) is 0.480. The molecule has 0 spiro atoms. The van der Waals surface area contributed by atoms with Crippen LogP contribution < -0.4 is 5.32 Å². The molecule has 6 heteroatoms. The molecule has 5 nitrogen and oxygen atoms in total. The molecular formula is C25H32ClN3O2. The van der Waals surface area contributed by atoms with Crippen molar-refractivity contribution in [2.24, 2.45) is 5.92 Å². The molecule has 166 valence electrons. The van der Waals surface area contributed by atoms with E-state index in [1.807, 2.05) is 18.2 Å². The van der Waals surface area contributed by atoms with Crippen LogP contribution in [0.4, 0.5) is 0 Å². The summed E-state index contributed by atoms with van der Waals surface area (Å²) < 4.78 is 5.43. The number of ether oxygens (including phenoxy) is 1. The van der Waals surface area contributed by atoms with E-state index < -0.39 is 0 Å². The third kappa shape index (κ3) is 6.53. The number of hydrogen-bond donors (Lipinski definition) is 1. The molecule has 0 unspecified atom stereocenters. The van der Waals surface area contributed by atoms with Crippen LogP contribution in [0.1, 0.15) is 29.5 Å². The van der Waals surface area contributed by atoms with E-state index >= 15 is 0 Å². The average Bonchev–Trinajstić information content (AvgIpc) is 2.80. The van der Waals surface area contributed by atoms with Crippen LogP contribution in [0.25, 0.3) is 0 Å². The first-order valence-electron chi connectivity index (χ1n) is 11.3. The maximum absolute atomic E-state index is 12.9. The molecule has 0 aromatic heterocycles. The summed E-state index contributed by atoms with van der Waals surface area (Å²) in [4.78, 5) is 17.6. The van der Waals surface area contributed by atoms with E-state index in [0.29, 0.717) is 6.54 Å². The third-order valence-electron chi connectivity index (χ3n) is 6.20. The molecule has 2 aromatic carbocycles. The maximum Gasteiger partial charge on any atom is 0.224 e. The van der Waals surface area contributed by atoms with Gasteiger partial charge in [-0.1, -0.05) is 54.1 Å². The van der Waals surface area contributed by atoms with Crippen molar-refractivity contribution >= 4 is 17.5 Å². The smallest absolute Gasteiger partial charge is 0.224 e. The molecule has 0 saturated carbocycles. The molecule has 4 rings (SSSR count). The van der Waals surface area contributed by atoms with Gasteiger partial charge >= 0.3 is 0 Å². The van der Waals surface area contributed by atoms with Crippen LogP contribution in [0.2, 0.25) is 5.02 Å². The summed E-state index contributed by atoms with van der Waals surface area (Å²) in [5.41, 5.74) is 3.57. The number of hydrogen-bond acceptors (Lipinski definition) is 4. The van der Waals surface area contributed by atoms with Crippen molar-refractivity contribution in [3.05, 3.63) is 70.2 Å². The van der Waals surface area contributed by atoms with Gasteiger partial charge in [0, 0.05) is 44.3 Å². The highest BCUT2D eigenvalue weighted by Gasteiger charge is 2.26. The monoisotopic (exact) mass is 441 g/mol. The predicted octanol–water partition coefficient (Wildman–Crippen LogP) is 3.70. The van der Waals surface area contributed by atoms with Crippen molar-refractivity contribution in [1.82, 2.24) is 15.1 Å². The third-order valence-corrected chi connectivity index (χ3v) is 6.56. The molecule has 2 aliphatic rings. The zero-order chi connectivity index (χ0) is 21.5. The minimum absolute atomic E-state index is 0.0350. The SMILES string of the molecule is O=C(NCc1cccc(CN2CCOCC2)c1)[C@@H]1CCCN(Cc2ccccc2Cl)C1. The Hall–Kier alpha value is -1.92. The normalized spacial score (nSPS) is 20.5. The van der Waals surface area contributed by atoms with E-state index in [1.165, 1.54) is 5.56 Å². The quantitative estimate of drug-likeness (QED) is 0.711. The Kier molecular flexibility index (Phi) is 7.97. The summed E-state index contributed by atoms with van der Waals surface area (Å²) in [5, 5.41) is 3.97. The van der Waals surface area contributed by atoms with E-state index in [-0.39, 0.29) is 11.8 Å². The number of morpholine rings is 1. The molecule has 0 aliphatic carbocycles. The Morgan fingerprint density at radius 2 is 1.81 bits per heavy atom. The second-order valence-electron chi connectivity index (χ2n) is 8.59. The number of benzene rings is 2. The maximum atomic E-state index is 12.9. The van der Waals surface area contributed by atoms with Gasteiger partial charge in [-0.25, -0.2) is 0 Å². The predicted molar refractivity (Wildman–Crippen MR) is 124 cm³/mol. The molecule has 0 bridgehead atoms. The lowest BCUT2D eigenvalue weighted by molar-refractivity contribution is -0.126. The van der Waals surface area contributed by atoms with Crippen LogP contribution in [0, 0.1) is 5.92 Å². The fourth-order valence-corrected chi connectivity index (χ4v) is 4.67. The lowest BCUT2D eigenvalue weighted by atomic mass is 9.96. The summed E-state index contributed by atoms with van der Waals surface area (Å²) in [6.45, 7) is 7.69. The van der Waals surface area contributed by atoms with Gasteiger partial charge in [-0.05, 0) is 42.1 Å². The Labute approximate surface area is 190 Å². The Morgan fingerprint density at radius 1 is 1.00 bits per heavy atom. The first-order valence-corrected chi connectivity index (χ1v) is 11.7. The van der Waals surface area contributed by atoms with Crippen LogP contribution >= 0.6 is 11.6 Å². The fourth-order valence-electron chi connectivity index (χ4n) is 4.47. The number of piperidine rings is 1. The van der Waals surface area contributed by atoms with E-state index in [9.17, 15) is 4.79 Å². The van der Waals surface area contributed by atoms with Crippen molar-refractivity contribution in [3.63, 3.8) is 0 Å². The minimum atomic E-state index is 0.0350. The van der Waals surface area contributed by atoms with Crippen molar-refractivity contribution in [1.29, 1.82) is 0 Å². The largest absolute Gasteiger partial charge is 0.379 e. The lowest BCUT2D eigenvalue weighted by Crippen LogP contribution is -2.42. The number of amides is 1. The van der Waals surface area contributed by atoms with Gasteiger partial charge in [0.05, 0.1) is 19.1 Å². The minimum Gasteiger partial charge on any atom is -0.379 e. The van der Waals surface area contributed by atoms with Gasteiger partial charge in [0.15, 0.2) is 0 Å². The highest BCUT2D eigenvalue weighted by Crippen LogP contribution is 2.22. The molecule has 1 atom stereocenters. The first kappa shape index (κ1) is 22.3. The van der Waals surface area contributed by atoms with Gasteiger partial charge in [-0.3, -0.25) is 14.6 Å². The summed E-state index contributed by atoms with van der Waals surface area (Å²) in [7, 11) is 0. The van der Waals surface area contributed by atoms with Crippen LogP contribution in [0.15, 0.2) is 48.5 Å². The zero-order valence-corrected chi connectivity index (χ0v) is 18.8. The van der Waals surface area contributed by atoms with Crippen LogP contribution in [0.3, 0.4) is 0 Å². The molecule has 2 fully saturated rings. The Balaban J connectivity index is 1.27. The van der Waals surface area contributed by atoms with Crippen molar-refractivity contribution in [2.45, 2.75) is 32.5 Å². The van der Waals surface area contributed by atoms with Crippen molar-refractivity contribution in [2.75, 3.05) is 39.4 Å². The van der Waals surface area contributed by atoms with E-state index in [2.05, 4.69) is 45.4 Å². The van der Waals surface area contributed by atoms with E-state index in [0.717, 1.165) is 81.5 Å². The lowest BCUT2D eigenvalue weighted by Gasteiger charge is -2.32. The number of nitrogens with one attached hydrogen (secondary N) is 1. The number of carbonyl (C=O) groups excluding carboxylic acids is 1. The van der Waals surface area contributed by atoms with E-state index in [4.69, 9.17) is 16.3 Å². The molecular weight excluding hydrogens is 410 g/mol. The molecule has 2 aromatic rings. The first-order chi connectivity index (χ1) is 15.2. The van der Waals surface area contributed by atoms with Gasteiger partial charge in [0.2, 0.25) is 5.91 Å². The summed E-state index contributed by atoms with van der Waals surface area (Å²) in [5.74, 6) is 0.190. The summed E-state index contributed by atoms with van der Waals surface area (Å²) >= 11 is 6.32. The van der Waals surface area contributed by atoms with Crippen LogP contribution in [-0.4, -0.2) is 55.1 Å². The molecule has 2 saturated heterocycles. The van der Waals surface area contributed by atoms with Crippen molar-refractivity contribution < 1.29 is 9.53 Å². The van der Waals surface area contributed by atoms with Crippen molar-refractivity contribution in [3.8, 4) is 0 Å². The summed E-state index contributed by atoms with van der Waals surface area (Å²) in [6, 6.07) is 16.5. The van der Waals surface area contributed by atoms with Gasteiger partial charge in [-0.2, -0.15) is 0 Å². The topological polar surface area (TPSA) is 44.8 Å². The van der Waals surface area contributed by atoms with Gasteiger partial charge < -0.3 is 10.1 Å².